The van der Waals surface area contributed by atoms with E-state index in [9.17, 15) is 9.59 Å². The van der Waals surface area contributed by atoms with Crippen LogP contribution in [-0.2, 0) is 23.8 Å². The first-order valence-corrected chi connectivity index (χ1v) is 8.92. The van der Waals surface area contributed by atoms with E-state index in [1.807, 2.05) is 38.1 Å². The molecule has 2 rings (SSSR count). The Labute approximate surface area is 149 Å². The molecular formula is C20H28O5. The maximum atomic E-state index is 12.8. The summed E-state index contributed by atoms with van der Waals surface area (Å²) in [6.45, 7) is 5.79. The Kier molecular flexibility index (Phi) is 6.59. The molecule has 1 aliphatic carbocycles. The lowest BCUT2D eigenvalue weighted by atomic mass is 9.82. The van der Waals surface area contributed by atoms with Crippen LogP contribution >= 0.6 is 0 Å². The van der Waals surface area contributed by atoms with E-state index in [0.29, 0.717) is 25.7 Å². The highest BCUT2D eigenvalue weighted by atomic mass is 16.6. The van der Waals surface area contributed by atoms with Gasteiger partial charge in [-0.05, 0) is 44.7 Å². The second-order valence-electron chi connectivity index (χ2n) is 6.65. The van der Waals surface area contributed by atoms with Crippen molar-refractivity contribution in [3.05, 3.63) is 35.4 Å². The second kappa shape index (κ2) is 8.48. The molecule has 1 aliphatic rings. The third-order valence-electron chi connectivity index (χ3n) is 5.03. The van der Waals surface area contributed by atoms with E-state index in [2.05, 4.69) is 0 Å². The summed E-state index contributed by atoms with van der Waals surface area (Å²) in [5.74, 6) is -1.28. The summed E-state index contributed by atoms with van der Waals surface area (Å²) < 4.78 is 16.4. The SMILES string of the molecule is CCOC(=O)C1(OC(=O)C(C)c2ccccc2C)CCC(OC)CC1. The van der Waals surface area contributed by atoms with Gasteiger partial charge in [-0.3, -0.25) is 4.79 Å². The standard InChI is InChI=1S/C20H28O5/c1-5-24-19(22)20(12-10-16(23-4)11-13-20)25-18(21)15(3)17-9-7-6-8-14(17)2/h6-9,15-16H,5,10-13H2,1-4H3. The lowest BCUT2D eigenvalue weighted by molar-refractivity contribution is -0.190. The molecule has 138 valence electrons. The predicted octanol–water partition coefficient (Wildman–Crippen LogP) is 3.53. The van der Waals surface area contributed by atoms with Gasteiger partial charge in [-0.1, -0.05) is 24.3 Å². The van der Waals surface area contributed by atoms with Gasteiger partial charge in [0.05, 0.1) is 18.6 Å². The molecule has 0 radical (unpaired) electrons. The minimum absolute atomic E-state index is 0.0926. The maximum absolute atomic E-state index is 12.8. The molecule has 0 heterocycles. The zero-order valence-corrected chi connectivity index (χ0v) is 15.5. The van der Waals surface area contributed by atoms with Crippen molar-refractivity contribution in [3.8, 4) is 0 Å². The van der Waals surface area contributed by atoms with Gasteiger partial charge in [-0.25, -0.2) is 4.79 Å². The fourth-order valence-corrected chi connectivity index (χ4v) is 3.38. The third-order valence-corrected chi connectivity index (χ3v) is 5.03. The van der Waals surface area contributed by atoms with Gasteiger partial charge in [0.2, 0.25) is 5.60 Å². The highest BCUT2D eigenvalue weighted by molar-refractivity contribution is 5.86. The lowest BCUT2D eigenvalue weighted by Crippen LogP contribution is -2.49. The van der Waals surface area contributed by atoms with Crippen LogP contribution in [0.2, 0.25) is 0 Å². The van der Waals surface area contributed by atoms with Crippen molar-refractivity contribution in [3.63, 3.8) is 0 Å². The predicted molar refractivity (Wildman–Crippen MR) is 94.3 cm³/mol. The van der Waals surface area contributed by atoms with Crippen LogP contribution in [-0.4, -0.2) is 37.4 Å². The number of hydrogen-bond donors (Lipinski definition) is 0. The molecule has 0 bridgehead atoms. The van der Waals surface area contributed by atoms with E-state index in [1.54, 1.807) is 14.0 Å². The number of methoxy groups -OCH3 is 1. The molecule has 5 heteroatoms. The van der Waals surface area contributed by atoms with E-state index in [1.165, 1.54) is 0 Å². The van der Waals surface area contributed by atoms with Crippen molar-refractivity contribution >= 4 is 11.9 Å². The highest BCUT2D eigenvalue weighted by Gasteiger charge is 2.47. The fourth-order valence-electron chi connectivity index (χ4n) is 3.38. The Morgan fingerprint density at radius 1 is 1.24 bits per heavy atom. The van der Waals surface area contributed by atoms with Gasteiger partial charge >= 0.3 is 11.9 Å². The van der Waals surface area contributed by atoms with E-state index in [0.717, 1.165) is 11.1 Å². The summed E-state index contributed by atoms with van der Waals surface area (Å²) in [5.41, 5.74) is 0.747. The molecule has 0 N–H and O–H groups in total. The van der Waals surface area contributed by atoms with Crippen molar-refractivity contribution in [1.82, 2.24) is 0 Å². The summed E-state index contributed by atoms with van der Waals surface area (Å²) in [6.07, 6.45) is 2.28. The van der Waals surface area contributed by atoms with Gasteiger partial charge in [0.1, 0.15) is 0 Å². The first kappa shape index (κ1) is 19.4. The fraction of sp³-hybridized carbons (Fsp3) is 0.600. The Balaban J connectivity index is 2.17. The summed E-state index contributed by atoms with van der Waals surface area (Å²) in [6, 6.07) is 7.71. The van der Waals surface area contributed by atoms with E-state index in [4.69, 9.17) is 14.2 Å². The Morgan fingerprint density at radius 3 is 2.44 bits per heavy atom. The van der Waals surface area contributed by atoms with E-state index in [-0.39, 0.29) is 12.7 Å². The molecule has 1 saturated carbocycles. The summed E-state index contributed by atoms with van der Waals surface area (Å²) in [4.78, 5) is 25.3. The molecule has 0 aliphatic heterocycles. The zero-order valence-electron chi connectivity index (χ0n) is 15.5. The topological polar surface area (TPSA) is 61.8 Å². The molecule has 1 aromatic carbocycles. The molecule has 0 saturated heterocycles. The summed E-state index contributed by atoms with van der Waals surface area (Å²) in [7, 11) is 1.66. The zero-order chi connectivity index (χ0) is 18.4. The van der Waals surface area contributed by atoms with Crippen LogP contribution in [0.1, 0.15) is 56.6 Å². The average Bonchev–Trinajstić information content (AvgIpc) is 2.62. The minimum atomic E-state index is -1.20. The van der Waals surface area contributed by atoms with Gasteiger partial charge in [0, 0.05) is 20.0 Å². The Hall–Kier alpha value is -1.88. The summed E-state index contributed by atoms with van der Waals surface area (Å²) in [5, 5.41) is 0. The monoisotopic (exact) mass is 348 g/mol. The number of aryl methyl sites for hydroxylation is 1. The van der Waals surface area contributed by atoms with Gasteiger partial charge in [0.15, 0.2) is 0 Å². The van der Waals surface area contributed by atoms with Crippen LogP contribution in [0.3, 0.4) is 0 Å². The van der Waals surface area contributed by atoms with Crippen LogP contribution in [0.25, 0.3) is 0 Å². The second-order valence-corrected chi connectivity index (χ2v) is 6.65. The van der Waals surface area contributed by atoms with Gasteiger partial charge in [0.25, 0.3) is 0 Å². The largest absolute Gasteiger partial charge is 0.463 e. The van der Waals surface area contributed by atoms with Crippen LogP contribution in [0.4, 0.5) is 0 Å². The van der Waals surface area contributed by atoms with Gasteiger partial charge in [-0.15, -0.1) is 0 Å². The van der Waals surface area contributed by atoms with E-state index >= 15 is 0 Å². The van der Waals surface area contributed by atoms with Gasteiger partial charge in [-0.2, -0.15) is 0 Å². The first-order valence-electron chi connectivity index (χ1n) is 8.92. The summed E-state index contributed by atoms with van der Waals surface area (Å²) >= 11 is 0. The van der Waals surface area contributed by atoms with Crippen molar-refractivity contribution in [2.45, 2.75) is 64.1 Å². The number of esters is 2. The quantitative estimate of drug-likeness (QED) is 0.736. The molecule has 1 aromatic rings. The molecule has 0 spiro atoms. The number of carbonyl (C=O) groups excluding carboxylic acids is 2. The van der Waals surface area contributed by atoms with Crippen LogP contribution in [0.5, 0.6) is 0 Å². The lowest BCUT2D eigenvalue weighted by Gasteiger charge is -2.37. The number of ether oxygens (including phenoxy) is 3. The number of rotatable bonds is 6. The van der Waals surface area contributed by atoms with Crippen molar-refractivity contribution < 1.29 is 23.8 Å². The van der Waals surface area contributed by atoms with Crippen LogP contribution in [0, 0.1) is 6.92 Å². The highest BCUT2D eigenvalue weighted by Crippen LogP contribution is 2.36. The molecule has 5 nitrogen and oxygen atoms in total. The van der Waals surface area contributed by atoms with E-state index < -0.39 is 23.5 Å². The van der Waals surface area contributed by atoms with Gasteiger partial charge < -0.3 is 14.2 Å². The Bertz CT molecular complexity index is 602. The van der Waals surface area contributed by atoms with Crippen LogP contribution in [0.15, 0.2) is 24.3 Å². The number of hydrogen-bond acceptors (Lipinski definition) is 5. The average molecular weight is 348 g/mol. The molecule has 25 heavy (non-hydrogen) atoms. The molecular weight excluding hydrogens is 320 g/mol. The smallest absolute Gasteiger partial charge is 0.350 e. The van der Waals surface area contributed by atoms with Crippen molar-refractivity contribution in [1.29, 1.82) is 0 Å². The van der Waals surface area contributed by atoms with Crippen LogP contribution < -0.4 is 0 Å². The van der Waals surface area contributed by atoms with Crippen molar-refractivity contribution in [2.24, 2.45) is 0 Å². The number of carbonyl (C=O) groups is 2. The normalized spacial score (nSPS) is 24.4. The Morgan fingerprint density at radius 2 is 1.88 bits per heavy atom. The molecule has 0 amide bonds. The third kappa shape index (κ3) is 4.40. The number of benzene rings is 1. The first-order chi connectivity index (χ1) is 11.9. The molecule has 1 atom stereocenters. The maximum Gasteiger partial charge on any atom is 0.350 e. The van der Waals surface area contributed by atoms with Crippen molar-refractivity contribution in [2.75, 3.05) is 13.7 Å². The molecule has 1 fully saturated rings. The molecule has 1 unspecified atom stereocenters. The minimum Gasteiger partial charge on any atom is -0.463 e. The molecule has 0 aromatic heterocycles.